The van der Waals surface area contributed by atoms with E-state index in [1.807, 2.05) is 0 Å². The molecule has 1 aromatic heterocycles. The molecule has 0 aliphatic heterocycles. The number of anilines is 1. The van der Waals surface area contributed by atoms with Crippen LogP contribution in [0.2, 0.25) is 0 Å². The van der Waals surface area contributed by atoms with E-state index in [0.717, 1.165) is 0 Å². The minimum Gasteiger partial charge on any atom is -0.492 e. The van der Waals surface area contributed by atoms with Gasteiger partial charge in [0.25, 0.3) is 10.0 Å². The third-order valence-electron chi connectivity index (χ3n) is 3.78. The molecule has 2 rings (SSSR count). The van der Waals surface area contributed by atoms with E-state index in [-0.39, 0.29) is 41.1 Å². The molecular weight excluding hydrogens is 392 g/mol. The molecular formula is C16H24N4O5S2. The Morgan fingerprint density at radius 3 is 2.33 bits per heavy atom. The maximum Gasteiger partial charge on any atom is 0.280 e. The molecule has 11 heteroatoms. The van der Waals surface area contributed by atoms with Crippen LogP contribution >= 0.6 is 0 Å². The summed E-state index contributed by atoms with van der Waals surface area (Å²) in [7, 11) is -6.13. The summed E-state index contributed by atoms with van der Waals surface area (Å²) < 4.78 is 61.4. The molecule has 0 atom stereocenters. The average Bonchev–Trinajstić information content (AvgIpc) is 3.04. The van der Waals surface area contributed by atoms with Crippen molar-refractivity contribution in [2.75, 3.05) is 24.4 Å². The Bertz CT molecular complexity index is 996. The first-order valence-electron chi connectivity index (χ1n) is 8.43. The number of hydrogen-bond donors (Lipinski definition) is 1. The fourth-order valence-electron chi connectivity index (χ4n) is 2.49. The number of sulfonamides is 2. The average molecular weight is 417 g/mol. The van der Waals surface area contributed by atoms with Crippen LogP contribution in [0.3, 0.4) is 0 Å². The molecule has 1 N–H and O–H groups in total. The highest BCUT2D eigenvalue weighted by Gasteiger charge is 2.27. The van der Waals surface area contributed by atoms with E-state index in [0.29, 0.717) is 0 Å². The summed E-state index contributed by atoms with van der Waals surface area (Å²) in [6.45, 7) is 6.05. The Morgan fingerprint density at radius 1 is 1.15 bits per heavy atom. The molecule has 0 bridgehead atoms. The Hall–Kier alpha value is -2.11. The van der Waals surface area contributed by atoms with Crippen LogP contribution < -0.4 is 9.46 Å². The molecule has 0 radical (unpaired) electrons. The summed E-state index contributed by atoms with van der Waals surface area (Å²) in [6, 6.07) is 4.15. The molecule has 0 aliphatic carbocycles. The lowest BCUT2D eigenvalue weighted by Crippen LogP contribution is -2.31. The molecule has 0 saturated heterocycles. The largest absolute Gasteiger partial charge is 0.492 e. The van der Waals surface area contributed by atoms with Crippen molar-refractivity contribution in [3.63, 3.8) is 0 Å². The number of nitrogens with zero attached hydrogens (tertiary/aromatic N) is 3. The number of hydrogen-bond acceptors (Lipinski definition) is 6. The van der Waals surface area contributed by atoms with Gasteiger partial charge in [0.2, 0.25) is 10.0 Å². The van der Waals surface area contributed by atoms with Crippen molar-refractivity contribution in [3.05, 3.63) is 30.7 Å². The van der Waals surface area contributed by atoms with Gasteiger partial charge >= 0.3 is 0 Å². The molecule has 0 aliphatic rings. The van der Waals surface area contributed by atoms with Crippen molar-refractivity contribution in [3.8, 4) is 5.75 Å². The molecule has 1 heterocycles. The van der Waals surface area contributed by atoms with E-state index in [9.17, 15) is 16.8 Å². The second-order valence-corrected chi connectivity index (χ2v) is 9.20. The fourth-order valence-corrected chi connectivity index (χ4v) is 5.13. The van der Waals surface area contributed by atoms with Crippen LogP contribution in [-0.2, 0) is 27.1 Å². The zero-order chi connectivity index (χ0) is 20.2. The van der Waals surface area contributed by atoms with Gasteiger partial charge in [0, 0.05) is 26.3 Å². The van der Waals surface area contributed by atoms with Gasteiger partial charge in [-0.2, -0.15) is 12.7 Å². The van der Waals surface area contributed by atoms with Gasteiger partial charge in [0.05, 0.1) is 18.6 Å². The van der Waals surface area contributed by atoms with E-state index in [1.54, 1.807) is 27.8 Å². The molecule has 9 nitrogen and oxygen atoms in total. The number of benzene rings is 1. The summed E-state index contributed by atoms with van der Waals surface area (Å²) in [5.41, 5.74) is 0.106. The van der Waals surface area contributed by atoms with Gasteiger partial charge in [-0.15, -0.1) is 0 Å². The highest BCUT2D eigenvalue weighted by molar-refractivity contribution is 7.92. The van der Waals surface area contributed by atoms with Crippen LogP contribution in [0.25, 0.3) is 0 Å². The molecule has 150 valence electrons. The molecule has 0 spiro atoms. The Labute approximate surface area is 160 Å². The van der Waals surface area contributed by atoms with Crippen molar-refractivity contribution in [2.45, 2.75) is 30.7 Å². The maximum atomic E-state index is 12.9. The van der Waals surface area contributed by atoms with Crippen molar-refractivity contribution < 1.29 is 21.6 Å². The smallest absolute Gasteiger partial charge is 0.280 e. The molecule has 2 aromatic rings. The van der Waals surface area contributed by atoms with Crippen LogP contribution in [0.4, 0.5) is 5.69 Å². The normalized spacial score (nSPS) is 12.3. The highest BCUT2D eigenvalue weighted by Crippen LogP contribution is 2.30. The molecule has 27 heavy (non-hydrogen) atoms. The summed E-state index contributed by atoms with van der Waals surface area (Å²) in [6.07, 6.45) is 2.72. The van der Waals surface area contributed by atoms with Gasteiger partial charge < -0.3 is 9.30 Å². The number of aryl methyl sites for hydroxylation is 1. The minimum absolute atomic E-state index is 0.0886. The molecule has 1 aromatic carbocycles. The first-order valence-corrected chi connectivity index (χ1v) is 11.4. The summed E-state index contributed by atoms with van der Waals surface area (Å²) >= 11 is 0. The third kappa shape index (κ3) is 4.60. The maximum absolute atomic E-state index is 12.9. The standard InChI is InChI=1S/C16H24N4O5S2/c1-5-20(6-2)27(23,24)15-10-13(8-9-14(15)25-7-3)18-26(21,22)16-11-19(4)12-17-16/h8-12,18H,5-7H2,1-4H3. The Morgan fingerprint density at radius 2 is 1.81 bits per heavy atom. The minimum atomic E-state index is -3.94. The fraction of sp³-hybridized carbons (Fsp3) is 0.438. The highest BCUT2D eigenvalue weighted by atomic mass is 32.2. The van der Waals surface area contributed by atoms with Crippen molar-refractivity contribution in [1.82, 2.24) is 13.9 Å². The van der Waals surface area contributed by atoms with Crippen LogP contribution in [-0.4, -0.2) is 50.4 Å². The van der Waals surface area contributed by atoms with Crippen LogP contribution in [0.5, 0.6) is 5.75 Å². The number of nitrogens with one attached hydrogen (secondary N) is 1. The monoisotopic (exact) mass is 416 g/mol. The predicted octanol–water partition coefficient (Wildman–Crippen LogP) is 1.65. The van der Waals surface area contributed by atoms with Crippen molar-refractivity contribution in [1.29, 1.82) is 0 Å². The quantitative estimate of drug-likeness (QED) is 0.665. The van der Waals surface area contributed by atoms with E-state index < -0.39 is 20.0 Å². The van der Waals surface area contributed by atoms with Gasteiger partial charge in [-0.05, 0) is 25.1 Å². The number of ether oxygens (including phenoxy) is 1. The summed E-state index contributed by atoms with van der Waals surface area (Å²) in [5.74, 6) is 0.171. The SMILES string of the molecule is CCOc1ccc(NS(=O)(=O)c2cn(C)cn2)cc1S(=O)(=O)N(CC)CC. The molecule has 0 amide bonds. The lowest BCUT2D eigenvalue weighted by atomic mass is 10.3. The van der Waals surface area contributed by atoms with Crippen LogP contribution in [0.1, 0.15) is 20.8 Å². The first-order chi connectivity index (χ1) is 12.7. The van der Waals surface area contributed by atoms with Crippen molar-refractivity contribution in [2.24, 2.45) is 7.05 Å². The molecule has 0 fully saturated rings. The van der Waals surface area contributed by atoms with E-state index in [1.165, 1.54) is 39.6 Å². The van der Waals surface area contributed by atoms with Gasteiger partial charge in [-0.1, -0.05) is 13.8 Å². The zero-order valence-corrected chi connectivity index (χ0v) is 17.3. The third-order valence-corrected chi connectivity index (χ3v) is 7.11. The predicted molar refractivity (Wildman–Crippen MR) is 102 cm³/mol. The lowest BCUT2D eigenvalue weighted by molar-refractivity contribution is 0.329. The summed E-state index contributed by atoms with van der Waals surface area (Å²) in [4.78, 5) is 3.73. The molecule has 0 saturated carbocycles. The van der Waals surface area contributed by atoms with Gasteiger partial charge in [0.1, 0.15) is 10.6 Å². The van der Waals surface area contributed by atoms with Crippen molar-refractivity contribution >= 4 is 25.7 Å². The topological polar surface area (TPSA) is 111 Å². The van der Waals surface area contributed by atoms with Gasteiger partial charge in [0.15, 0.2) is 5.03 Å². The van der Waals surface area contributed by atoms with Crippen LogP contribution in [0.15, 0.2) is 40.6 Å². The van der Waals surface area contributed by atoms with Crippen LogP contribution in [0, 0.1) is 0 Å². The molecule has 0 unspecified atom stereocenters. The second kappa shape index (κ2) is 8.28. The summed E-state index contributed by atoms with van der Waals surface area (Å²) in [5, 5.41) is -0.160. The van der Waals surface area contributed by atoms with E-state index >= 15 is 0 Å². The van der Waals surface area contributed by atoms with Gasteiger partial charge in [-0.25, -0.2) is 13.4 Å². The first kappa shape index (κ1) is 21.2. The van der Waals surface area contributed by atoms with E-state index in [2.05, 4.69) is 9.71 Å². The zero-order valence-electron chi connectivity index (χ0n) is 15.7. The number of aromatic nitrogens is 2. The van der Waals surface area contributed by atoms with E-state index in [4.69, 9.17) is 4.74 Å². The van der Waals surface area contributed by atoms with Gasteiger partial charge in [-0.3, -0.25) is 4.72 Å². The number of imidazole rings is 1. The Kier molecular flexibility index (Phi) is 6.50. The number of rotatable bonds is 9. The Balaban J connectivity index is 2.49. The second-order valence-electron chi connectivity index (χ2n) is 5.67. The lowest BCUT2D eigenvalue weighted by Gasteiger charge is -2.21.